The summed E-state index contributed by atoms with van der Waals surface area (Å²) in [5, 5.41) is 0.631. The molecule has 1 heterocycles. The average molecular weight is 199 g/mol. The van der Waals surface area contributed by atoms with Gasteiger partial charge in [-0.2, -0.15) is 0 Å². The Labute approximate surface area is 84.4 Å². The van der Waals surface area contributed by atoms with E-state index in [-0.39, 0.29) is 0 Å². The van der Waals surface area contributed by atoms with Gasteiger partial charge in [0.25, 0.3) is 0 Å². The fourth-order valence-corrected chi connectivity index (χ4v) is 1.69. The van der Waals surface area contributed by atoms with E-state index in [9.17, 15) is 0 Å². The number of aryl methyl sites for hydroxylation is 2. The van der Waals surface area contributed by atoms with Crippen molar-refractivity contribution in [2.24, 2.45) is 0 Å². The Morgan fingerprint density at radius 1 is 1.00 bits per heavy atom. The maximum Gasteiger partial charge on any atom is 0.136 e. The molecule has 0 aromatic carbocycles. The van der Waals surface area contributed by atoms with E-state index in [1.807, 2.05) is 6.92 Å². The second kappa shape index (κ2) is 4.56. The van der Waals surface area contributed by atoms with Crippen LogP contribution in [-0.2, 0) is 19.3 Å². The van der Waals surface area contributed by atoms with Crippen molar-refractivity contribution in [3.63, 3.8) is 0 Å². The van der Waals surface area contributed by atoms with E-state index in [1.54, 1.807) is 0 Å². The SMILES string of the molecule is CCc1nc(Cl)c(CC)c(CC)n1. The van der Waals surface area contributed by atoms with E-state index in [4.69, 9.17) is 11.6 Å². The van der Waals surface area contributed by atoms with Gasteiger partial charge in [-0.15, -0.1) is 0 Å². The van der Waals surface area contributed by atoms with Crippen LogP contribution in [0.1, 0.15) is 37.9 Å². The molecule has 0 atom stereocenters. The molecule has 1 aromatic heterocycles. The van der Waals surface area contributed by atoms with E-state index in [0.717, 1.165) is 36.3 Å². The predicted molar refractivity (Wildman–Crippen MR) is 55.2 cm³/mol. The fourth-order valence-electron chi connectivity index (χ4n) is 1.35. The van der Waals surface area contributed by atoms with Crippen molar-refractivity contribution in [1.82, 2.24) is 9.97 Å². The Morgan fingerprint density at radius 3 is 2.15 bits per heavy atom. The first-order valence-corrected chi connectivity index (χ1v) is 5.14. The second-order valence-electron chi connectivity index (χ2n) is 2.92. The minimum absolute atomic E-state index is 0.631. The van der Waals surface area contributed by atoms with Gasteiger partial charge in [0, 0.05) is 17.7 Å². The molecule has 72 valence electrons. The Hall–Kier alpha value is -0.630. The molecule has 0 saturated heterocycles. The Kier molecular flexibility index (Phi) is 3.67. The first-order chi connectivity index (χ1) is 6.22. The van der Waals surface area contributed by atoms with Crippen molar-refractivity contribution >= 4 is 11.6 Å². The molecule has 3 heteroatoms. The summed E-state index contributed by atoms with van der Waals surface area (Å²) < 4.78 is 0. The number of aromatic nitrogens is 2. The lowest BCUT2D eigenvalue weighted by molar-refractivity contribution is 0.855. The van der Waals surface area contributed by atoms with Crippen molar-refractivity contribution in [3.8, 4) is 0 Å². The molecule has 0 aliphatic carbocycles. The van der Waals surface area contributed by atoms with Crippen LogP contribution < -0.4 is 0 Å². The maximum atomic E-state index is 6.04. The van der Waals surface area contributed by atoms with Gasteiger partial charge in [0.15, 0.2) is 0 Å². The van der Waals surface area contributed by atoms with Gasteiger partial charge in [-0.3, -0.25) is 0 Å². The number of nitrogens with zero attached hydrogens (tertiary/aromatic N) is 2. The Morgan fingerprint density at radius 2 is 1.69 bits per heavy atom. The molecule has 1 aromatic rings. The van der Waals surface area contributed by atoms with E-state index in [0.29, 0.717) is 5.15 Å². The molecule has 0 saturated carbocycles. The van der Waals surface area contributed by atoms with Crippen LogP contribution in [0, 0.1) is 0 Å². The lowest BCUT2D eigenvalue weighted by Gasteiger charge is -2.07. The topological polar surface area (TPSA) is 25.8 Å². The fraction of sp³-hybridized carbons (Fsp3) is 0.600. The highest BCUT2D eigenvalue weighted by Crippen LogP contribution is 2.18. The molecule has 0 aliphatic rings. The van der Waals surface area contributed by atoms with Gasteiger partial charge in [0.1, 0.15) is 11.0 Å². The van der Waals surface area contributed by atoms with Gasteiger partial charge in [-0.05, 0) is 12.8 Å². The molecule has 0 bridgehead atoms. The van der Waals surface area contributed by atoms with E-state index >= 15 is 0 Å². The first kappa shape index (κ1) is 10.5. The largest absolute Gasteiger partial charge is 0.238 e. The summed E-state index contributed by atoms with van der Waals surface area (Å²) >= 11 is 6.04. The highest BCUT2D eigenvalue weighted by atomic mass is 35.5. The minimum Gasteiger partial charge on any atom is -0.238 e. The van der Waals surface area contributed by atoms with Crippen LogP contribution in [0.2, 0.25) is 5.15 Å². The second-order valence-corrected chi connectivity index (χ2v) is 3.27. The van der Waals surface area contributed by atoms with E-state index in [1.165, 1.54) is 0 Å². The number of hydrogen-bond acceptors (Lipinski definition) is 2. The molecular weight excluding hydrogens is 184 g/mol. The first-order valence-electron chi connectivity index (χ1n) is 4.77. The third-order valence-corrected chi connectivity index (χ3v) is 2.41. The van der Waals surface area contributed by atoms with E-state index in [2.05, 4.69) is 23.8 Å². The highest BCUT2D eigenvalue weighted by molar-refractivity contribution is 6.30. The molecule has 1 rings (SSSR count). The molecule has 0 amide bonds. The lowest BCUT2D eigenvalue weighted by atomic mass is 10.1. The Balaban J connectivity index is 3.20. The molecule has 0 fully saturated rings. The van der Waals surface area contributed by atoms with E-state index < -0.39 is 0 Å². The molecule has 0 unspecified atom stereocenters. The van der Waals surface area contributed by atoms with Crippen molar-refractivity contribution in [2.45, 2.75) is 40.0 Å². The van der Waals surface area contributed by atoms with Gasteiger partial charge < -0.3 is 0 Å². The van der Waals surface area contributed by atoms with Gasteiger partial charge in [0.2, 0.25) is 0 Å². The van der Waals surface area contributed by atoms with Crippen LogP contribution in [0.4, 0.5) is 0 Å². The summed E-state index contributed by atoms with van der Waals surface area (Å²) in [6.45, 7) is 6.21. The van der Waals surface area contributed by atoms with Crippen LogP contribution in [0.15, 0.2) is 0 Å². The van der Waals surface area contributed by atoms with Crippen molar-refractivity contribution in [3.05, 3.63) is 22.2 Å². The predicted octanol–water partition coefficient (Wildman–Crippen LogP) is 2.82. The van der Waals surface area contributed by atoms with Crippen molar-refractivity contribution in [2.75, 3.05) is 0 Å². The summed E-state index contributed by atoms with van der Waals surface area (Å²) in [4.78, 5) is 8.67. The number of hydrogen-bond donors (Lipinski definition) is 0. The van der Waals surface area contributed by atoms with Crippen LogP contribution >= 0.6 is 11.6 Å². The zero-order valence-electron chi connectivity index (χ0n) is 8.39. The zero-order chi connectivity index (χ0) is 9.84. The van der Waals surface area contributed by atoms with Crippen LogP contribution in [0.25, 0.3) is 0 Å². The lowest BCUT2D eigenvalue weighted by Crippen LogP contribution is -2.03. The minimum atomic E-state index is 0.631. The summed E-state index contributed by atoms with van der Waals surface area (Å²) in [5.41, 5.74) is 2.20. The number of rotatable bonds is 3. The van der Waals surface area contributed by atoms with Crippen LogP contribution in [0.3, 0.4) is 0 Å². The summed E-state index contributed by atoms with van der Waals surface area (Å²) in [7, 11) is 0. The monoisotopic (exact) mass is 198 g/mol. The maximum absolute atomic E-state index is 6.04. The molecule has 0 N–H and O–H groups in total. The normalized spacial score (nSPS) is 10.5. The molecule has 13 heavy (non-hydrogen) atoms. The summed E-state index contributed by atoms with van der Waals surface area (Å²) in [6.07, 6.45) is 2.68. The molecule has 0 aliphatic heterocycles. The molecule has 2 nitrogen and oxygen atoms in total. The van der Waals surface area contributed by atoms with Crippen LogP contribution in [-0.4, -0.2) is 9.97 Å². The van der Waals surface area contributed by atoms with Gasteiger partial charge in [-0.1, -0.05) is 32.4 Å². The summed E-state index contributed by atoms with van der Waals surface area (Å²) in [6, 6.07) is 0. The Bertz CT molecular complexity index is 297. The zero-order valence-corrected chi connectivity index (χ0v) is 9.15. The summed E-state index contributed by atoms with van der Waals surface area (Å²) in [5.74, 6) is 0.846. The van der Waals surface area contributed by atoms with Gasteiger partial charge in [-0.25, -0.2) is 9.97 Å². The standard InChI is InChI=1S/C10H15ClN2/c1-4-7-8(5-2)12-9(6-3)13-10(7)11/h4-6H2,1-3H3. The highest BCUT2D eigenvalue weighted by Gasteiger charge is 2.08. The average Bonchev–Trinajstić information content (AvgIpc) is 2.16. The quantitative estimate of drug-likeness (QED) is 0.699. The third-order valence-electron chi connectivity index (χ3n) is 2.09. The van der Waals surface area contributed by atoms with Crippen molar-refractivity contribution in [1.29, 1.82) is 0 Å². The smallest absolute Gasteiger partial charge is 0.136 e. The molecule has 0 radical (unpaired) electrons. The molecular formula is C10H15ClN2. The van der Waals surface area contributed by atoms with Gasteiger partial charge >= 0.3 is 0 Å². The van der Waals surface area contributed by atoms with Gasteiger partial charge in [0.05, 0.1) is 0 Å². The van der Waals surface area contributed by atoms with Crippen LogP contribution in [0.5, 0.6) is 0 Å². The van der Waals surface area contributed by atoms with Crippen molar-refractivity contribution < 1.29 is 0 Å². The molecule has 0 spiro atoms. The number of halogens is 1. The third kappa shape index (κ3) is 2.19.